The van der Waals surface area contributed by atoms with Crippen molar-refractivity contribution in [3.63, 3.8) is 0 Å². The zero-order valence-electron chi connectivity index (χ0n) is 8.98. The summed E-state index contributed by atoms with van der Waals surface area (Å²) in [6.45, 7) is 1.54. The zero-order chi connectivity index (χ0) is 12.4. The van der Waals surface area contributed by atoms with Crippen molar-refractivity contribution in [1.82, 2.24) is 10.2 Å². The summed E-state index contributed by atoms with van der Waals surface area (Å²) >= 11 is 6.99. The van der Waals surface area contributed by atoms with E-state index in [2.05, 4.69) is 5.32 Å². The van der Waals surface area contributed by atoms with Crippen LogP contribution in [0.2, 0.25) is 4.34 Å². The van der Waals surface area contributed by atoms with E-state index in [1.54, 1.807) is 12.1 Å². The van der Waals surface area contributed by atoms with Crippen molar-refractivity contribution in [2.75, 3.05) is 19.6 Å². The Morgan fingerprint density at radius 3 is 2.88 bits per heavy atom. The predicted molar refractivity (Wildman–Crippen MR) is 66.2 cm³/mol. The molecular formula is C10H12ClN3O2S. The molecule has 2 amide bonds. The van der Waals surface area contributed by atoms with Gasteiger partial charge < -0.3 is 16.0 Å². The number of hydrogen-bond acceptors (Lipinski definition) is 4. The molecule has 0 saturated carbocycles. The maximum atomic E-state index is 12.2. The molecule has 1 unspecified atom stereocenters. The number of rotatable bonds is 2. The van der Waals surface area contributed by atoms with E-state index in [1.165, 1.54) is 16.2 Å². The average Bonchev–Trinajstić information content (AvgIpc) is 2.75. The lowest BCUT2D eigenvalue weighted by molar-refractivity contribution is -0.122. The number of nitrogens with one attached hydrogen (secondary N) is 1. The standard InChI is InChI=1S/C10H12ClN3O2S/c11-8-2-1-7(17-8)10(16)14-4-3-13-5-6(14)9(12)15/h1-2,6,13H,3-5H2,(H2,12,15). The van der Waals surface area contributed by atoms with E-state index in [-0.39, 0.29) is 5.91 Å². The van der Waals surface area contributed by atoms with Gasteiger partial charge in [-0.1, -0.05) is 11.6 Å². The maximum Gasteiger partial charge on any atom is 0.264 e. The second-order valence-corrected chi connectivity index (χ2v) is 5.44. The highest BCUT2D eigenvalue weighted by atomic mass is 35.5. The molecule has 0 bridgehead atoms. The Labute approximate surface area is 108 Å². The van der Waals surface area contributed by atoms with Crippen LogP contribution in [0.4, 0.5) is 0 Å². The minimum atomic E-state index is -0.586. The second-order valence-electron chi connectivity index (χ2n) is 3.72. The largest absolute Gasteiger partial charge is 0.368 e. The number of carbonyl (C=O) groups excluding carboxylic acids is 2. The van der Waals surface area contributed by atoms with Crippen LogP contribution in [0.1, 0.15) is 9.67 Å². The fourth-order valence-corrected chi connectivity index (χ4v) is 2.77. The molecule has 5 nitrogen and oxygen atoms in total. The lowest BCUT2D eigenvalue weighted by atomic mass is 10.1. The van der Waals surface area contributed by atoms with Crippen LogP contribution >= 0.6 is 22.9 Å². The summed E-state index contributed by atoms with van der Waals surface area (Å²) in [6, 6.07) is 2.74. The molecule has 7 heteroatoms. The van der Waals surface area contributed by atoms with Crippen molar-refractivity contribution in [3.8, 4) is 0 Å². The van der Waals surface area contributed by atoms with Gasteiger partial charge in [-0.25, -0.2) is 0 Å². The molecule has 1 aliphatic rings. The van der Waals surface area contributed by atoms with Crippen molar-refractivity contribution in [1.29, 1.82) is 0 Å². The lowest BCUT2D eigenvalue weighted by Gasteiger charge is -2.33. The molecule has 1 aromatic heterocycles. The van der Waals surface area contributed by atoms with Crippen molar-refractivity contribution < 1.29 is 9.59 Å². The van der Waals surface area contributed by atoms with Crippen LogP contribution in [0.3, 0.4) is 0 Å². The van der Waals surface area contributed by atoms with Crippen molar-refractivity contribution >= 4 is 34.8 Å². The minimum absolute atomic E-state index is 0.188. The number of amides is 2. The van der Waals surface area contributed by atoms with Gasteiger partial charge in [0.15, 0.2) is 0 Å². The molecular weight excluding hydrogens is 262 g/mol. The number of piperazine rings is 1. The Morgan fingerprint density at radius 1 is 1.53 bits per heavy atom. The summed E-state index contributed by atoms with van der Waals surface area (Å²) in [6.07, 6.45) is 0. The van der Waals surface area contributed by atoms with Gasteiger partial charge in [0.1, 0.15) is 6.04 Å². The number of primary amides is 1. The fraction of sp³-hybridized carbons (Fsp3) is 0.400. The maximum absolute atomic E-state index is 12.2. The van der Waals surface area contributed by atoms with Crippen LogP contribution in [0.5, 0.6) is 0 Å². The van der Waals surface area contributed by atoms with Crippen molar-refractivity contribution in [2.45, 2.75) is 6.04 Å². The minimum Gasteiger partial charge on any atom is -0.368 e. The molecule has 1 atom stereocenters. The lowest BCUT2D eigenvalue weighted by Crippen LogP contribution is -2.58. The summed E-state index contributed by atoms with van der Waals surface area (Å²) in [7, 11) is 0. The fourth-order valence-electron chi connectivity index (χ4n) is 1.77. The topological polar surface area (TPSA) is 75.4 Å². The Hall–Kier alpha value is -1.11. The van der Waals surface area contributed by atoms with Crippen LogP contribution in [0, 0.1) is 0 Å². The van der Waals surface area contributed by atoms with Gasteiger partial charge in [0.2, 0.25) is 5.91 Å². The Kier molecular flexibility index (Phi) is 3.66. The zero-order valence-corrected chi connectivity index (χ0v) is 10.6. The first-order valence-corrected chi connectivity index (χ1v) is 6.35. The third kappa shape index (κ3) is 2.59. The van der Waals surface area contributed by atoms with E-state index in [1.807, 2.05) is 0 Å². The molecule has 2 heterocycles. The molecule has 0 spiro atoms. The molecule has 0 aliphatic carbocycles. The van der Waals surface area contributed by atoms with Gasteiger partial charge in [-0.3, -0.25) is 9.59 Å². The number of halogens is 1. The van der Waals surface area contributed by atoms with Crippen LogP contribution in [0.25, 0.3) is 0 Å². The monoisotopic (exact) mass is 273 g/mol. The second kappa shape index (κ2) is 5.03. The quantitative estimate of drug-likeness (QED) is 0.814. The normalized spacial score (nSPS) is 20.3. The Bertz CT molecular complexity index is 449. The van der Waals surface area contributed by atoms with Gasteiger partial charge in [0.25, 0.3) is 5.91 Å². The van der Waals surface area contributed by atoms with E-state index in [4.69, 9.17) is 17.3 Å². The van der Waals surface area contributed by atoms with Gasteiger partial charge in [-0.2, -0.15) is 0 Å². The summed E-state index contributed by atoms with van der Waals surface area (Å²) in [5, 5.41) is 3.04. The molecule has 17 heavy (non-hydrogen) atoms. The van der Waals surface area contributed by atoms with Gasteiger partial charge in [0.05, 0.1) is 9.21 Å². The van der Waals surface area contributed by atoms with E-state index >= 15 is 0 Å². The van der Waals surface area contributed by atoms with E-state index < -0.39 is 11.9 Å². The van der Waals surface area contributed by atoms with Gasteiger partial charge >= 0.3 is 0 Å². The van der Waals surface area contributed by atoms with Crippen LogP contribution < -0.4 is 11.1 Å². The predicted octanol–water partition coefficient (Wildman–Crippen LogP) is 0.301. The number of thiophene rings is 1. The average molecular weight is 274 g/mol. The van der Waals surface area contributed by atoms with Crippen molar-refractivity contribution in [3.05, 3.63) is 21.3 Å². The number of nitrogens with zero attached hydrogens (tertiary/aromatic N) is 1. The first-order chi connectivity index (χ1) is 8.09. The molecule has 0 aromatic carbocycles. The van der Waals surface area contributed by atoms with Crippen LogP contribution in [0.15, 0.2) is 12.1 Å². The first-order valence-electron chi connectivity index (χ1n) is 5.16. The summed E-state index contributed by atoms with van der Waals surface area (Å²) in [5.41, 5.74) is 5.28. The SMILES string of the molecule is NC(=O)C1CNCCN1C(=O)c1ccc(Cl)s1. The molecule has 2 rings (SSSR count). The van der Waals surface area contributed by atoms with Crippen LogP contribution in [-0.2, 0) is 4.79 Å². The molecule has 1 fully saturated rings. The highest BCUT2D eigenvalue weighted by molar-refractivity contribution is 7.17. The van der Waals surface area contributed by atoms with Crippen LogP contribution in [-0.4, -0.2) is 42.4 Å². The summed E-state index contributed by atoms with van der Waals surface area (Å²) in [5.74, 6) is -0.680. The molecule has 92 valence electrons. The highest BCUT2D eigenvalue weighted by Crippen LogP contribution is 2.23. The number of carbonyl (C=O) groups is 2. The Balaban J connectivity index is 2.19. The smallest absolute Gasteiger partial charge is 0.264 e. The summed E-state index contributed by atoms with van der Waals surface area (Å²) < 4.78 is 0.555. The molecule has 1 aliphatic heterocycles. The molecule has 1 saturated heterocycles. The third-order valence-electron chi connectivity index (χ3n) is 2.62. The Morgan fingerprint density at radius 2 is 2.29 bits per heavy atom. The third-order valence-corrected chi connectivity index (χ3v) is 3.84. The number of hydrogen-bond donors (Lipinski definition) is 2. The van der Waals surface area contributed by atoms with Crippen molar-refractivity contribution in [2.24, 2.45) is 5.73 Å². The first kappa shape index (κ1) is 12.3. The highest BCUT2D eigenvalue weighted by Gasteiger charge is 2.31. The van der Waals surface area contributed by atoms with E-state index in [0.29, 0.717) is 28.8 Å². The van der Waals surface area contributed by atoms with E-state index in [9.17, 15) is 9.59 Å². The van der Waals surface area contributed by atoms with E-state index in [0.717, 1.165) is 0 Å². The number of nitrogens with two attached hydrogens (primary N) is 1. The van der Waals surface area contributed by atoms with Gasteiger partial charge in [0, 0.05) is 19.6 Å². The molecule has 0 radical (unpaired) electrons. The molecule has 3 N–H and O–H groups in total. The van der Waals surface area contributed by atoms with Gasteiger partial charge in [-0.05, 0) is 12.1 Å². The van der Waals surface area contributed by atoms with Gasteiger partial charge in [-0.15, -0.1) is 11.3 Å². The summed E-state index contributed by atoms with van der Waals surface area (Å²) in [4.78, 5) is 25.5. The molecule has 1 aromatic rings.